The fraction of sp³-hybridized carbons (Fsp3) is 0.533. The van der Waals surface area contributed by atoms with Crippen LogP contribution < -0.4 is 16.0 Å². The molecule has 4 heteroatoms. The van der Waals surface area contributed by atoms with E-state index < -0.39 is 0 Å². The number of amides is 1. The average Bonchev–Trinajstić information content (AvgIpc) is 2.79. The predicted molar refractivity (Wildman–Crippen MR) is 78.4 cm³/mol. The second-order valence-corrected chi connectivity index (χ2v) is 5.69. The molecule has 1 aliphatic rings. The molecule has 1 amide bonds. The van der Waals surface area contributed by atoms with Gasteiger partial charge in [-0.15, -0.1) is 0 Å². The van der Waals surface area contributed by atoms with E-state index in [0.29, 0.717) is 6.54 Å². The van der Waals surface area contributed by atoms with Crippen molar-refractivity contribution in [3.05, 3.63) is 29.3 Å². The first-order valence-corrected chi connectivity index (χ1v) is 6.81. The van der Waals surface area contributed by atoms with Crippen molar-refractivity contribution < 1.29 is 4.79 Å². The summed E-state index contributed by atoms with van der Waals surface area (Å²) < 4.78 is 0. The molecule has 0 saturated carbocycles. The predicted octanol–water partition coefficient (Wildman–Crippen LogP) is 1.58. The molecule has 3 N–H and O–H groups in total. The zero-order valence-corrected chi connectivity index (χ0v) is 12.0. The molecule has 0 bridgehead atoms. The lowest BCUT2D eigenvalue weighted by molar-refractivity contribution is -0.115. The van der Waals surface area contributed by atoms with Crippen LogP contribution in [-0.4, -0.2) is 31.1 Å². The maximum atomic E-state index is 11.9. The molecule has 1 unspecified atom stereocenters. The number of carbonyl (C=O) groups excluding carboxylic acids is 1. The van der Waals surface area contributed by atoms with Gasteiger partial charge in [0.25, 0.3) is 0 Å². The van der Waals surface area contributed by atoms with Crippen molar-refractivity contribution in [2.45, 2.75) is 32.7 Å². The number of aryl methyl sites for hydroxylation is 2. The Hall–Kier alpha value is -1.39. The Morgan fingerprint density at radius 3 is 2.79 bits per heavy atom. The Kier molecular flexibility index (Phi) is 4.22. The van der Waals surface area contributed by atoms with Gasteiger partial charge in [-0.3, -0.25) is 4.79 Å². The van der Waals surface area contributed by atoms with Gasteiger partial charge in [-0.25, -0.2) is 0 Å². The second-order valence-electron chi connectivity index (χ2n) is 5.69. The summed E-state index contributed by atoms with van der Waals surface area (Å²) in [7, 11) is 0. The SMILES string of the molecule is Cc1ccc(NC(=O)CNC2(C)CCNC2)cc1C. The summed E-state index contributed by atoms with van der Waals surface area (Å²) in [6.45, 7) is 8.55. The van der Waals surface area contributed by atoms with Crippen LogP contribution in [0.1, 0.15) is 24.5 Å². The first-order valence-electron chi connectivity index (χ1n) is 6.81. The van der Waals surface area contributed by atoms with E-state index in [0.717, 1.165) is 25.2 Å². The summed E-state index contributed by atoms with van der Waals surface area (Å²) in [4.78, 5) is 11.9. The minimum absolute atomic E-state index is 0.0105. The van der Waals surface area contributed by atoms with Crippen LogP contribution in [0.15, 0.2) is 18.2 Å². The molecule has 0 aliphatic carbocycles. The highest BCUT2D eigenvalue weighted by atomic mass is 16.1. The maximum absolute atomic E-state index is 11.9. The third-order valence-corrected chi connectivity index (χ3v) is 3.84. The molecule has 0 radical (unpaired) electrons. The van der Waals surface area contributed by atoms with E-state index in [1.807, 2.05) is 18.2 Å². The highest BCUT2D eigenvalue weighted by Crippen LogP contribution is 2.15. The van der Waals surface area contributed by atoms with Gasteiger partial charge in [0.15, 0.2) is 0 Å². The van der Waals surface area contributed by atoms with Crippen LogP contribution in [0.4, 0.5) is 5.69 Å². The molecule has 1 fully saturated rings. The third-order valence-electron chi connectivity index (χ3n) is 3.84. The van der Waals surface area contributed by atoms with E-state index in [1.54, 1.807) is 0 Å². The van der Waals surface area contributed by atoms with Crippen molar-refractivity contribution in [3.63, 3.8) is 0 Å². The molecule has 2 rings (SSSR count). The van der Waals surface area contributed by atoms with E-state index in [1.165, 1.54) is 11.1 Å². The van der Waals surface area contributed by atoms with Crippen LogP contribution in [-0.2, 0) is 4.79 Å². The summed E-state index contributed by atoms with van der Waals surface area (Å²) in [5, 5.41) is 9.56. The van der Waals surface area contributed by atoms with Crippen LogP contribution in [0.5, 0.6) is 0 Å². The molecule has 1 aliphatic heterocycles. The van der Waals surface area contributed by atoms with Crippen molar-refractivity contribution in [2.75, 3.05) is 25.0 Å². The Labute approximate surface area is 115 Å². The molecule has 19 heavy (non-hydrogen) atoms. The number of hydrogen-bond donors (Lipinski definition) is 3. The largest absolute Gasteiger partial charge is 0.325 e. The van der Waals surface area contributed by atoms with Gasteiger partial charge < -0.3 is 16.0 Å². The number of carbonyl (C=O) groups is 1. The van der Waals surface area contributed by atoms with E-state index in [9.17, 15) is 4.79 Å². The van der Waals surface area contributed by atoms with Crippen LogP contribution in [0, 0.1) is 13.8 Å². The second kappa shape index (κ2) is 5.72. The monoisotopic (exact) mass is 261 g/mol. The summed E-state index contributed by atoms with van der Waals surface area (Å²) in [5.74, 6) is 0.0105. The average molecular weight is 261 g/mol. The van der Waals surface area contributed by atoms with Crippen molar-refractivity contribution in [3.8, 4) is 0 Å². The molecule has 0 spiro atoms. The van der Waals surface area contributed by atoms with Crippen molar-refractivity contribution >= 4 is 11.6 Å². The van der Waals surface area contributed by atoms with E-state index in [-0.39, 0.29) is 11.4 Å². The minimum atomic E-state index is 0.0105. The number of hydrogen-bond acceptors (Lipinski definition) is 3. The smallest absolute Gasteiger partial charge is 0.238 e. The van der Waals surface area contributed by atoms with Gasteiger partial charge in [0.2, 0.25) is 5.91 Å². The van der Waals surface area contributed by atoms with Crippen LogP contribution in [0.2, 0.25) is 0 Å². The first-order chi connectivity index (χ1) is 8.98. The summed E-state index contributed by atoms with van der Waals surface area (Å²) in [6, 6.07) is 5.98. The Morgan fingerprint density at radius 1 is 1.37 bits per heavy atom. The summed E-state index contributed by atoms with van der Waals surface area (Å²) in [5.41, 5.74) is 3.34. The summed E-state index contributed by atoms with van der Waals surface area (Å²) in [6.07, 6.45) is 1.06. The van der Waals surface area contributed by atoms with E-state index in [2.05, 4.69) is 36.7 Å². The fourth-order valence-electron chi connectivity index (χ4n) is 2.29. The number of rotatable bonds is 4. The number of anilines is 1. The fourth-order valence-corrected chi connectivity index (χ4v) is 2.29. The molecule has 1 aromatic carbocycles. The van der Waals surface area contributed by atoms with Crippen LogP contribution >= 0.6 is 0 Å². The lowest BCUT2D eigenvalue weighted by atomic mass is 10.0. The zero-order chi connectivity index (χ0) is 13.9. The number of benzene rings is 1. The van der Waals surface area contributed by atoms with Gasteiger partial charge >= 0.3 is 0 Å². The highest BCUT2D eigenvalue weighted by molar-refractivity contribution is 5.92. The molecule has 1 heterocycles. The van der Waals surface area contributed by atoms with E-state index >= 15 is 0 Å². The van der Waals surface area contributed by atoms with Gasteiger partial charge in [-0.2, -0.15) is 0 Å². The Morgan fingerprint density at radius 2 is 2.16 bits per heavy atom. The molecular weight excluding hydrogens is 238 g/mol. The minimum Gasteiger partial charge on any atom is -0.325 e. The van der Waals surface area contributed by atoms with Gasteiger partial charge in [0.05, 0.1) is 6.54 Å². The van der Waals surface area contributed by atoms with Gasteiger partial charge in [0, 0.05) is 17.8 Å². The molecular formula is C15H23N3O. The lowest BCUT2D eigenvalue weighted by Crippen LogP contribution is -2.47. The molecule has 1 saturated heterocycles. The van der Waals surface area contributed by atoms with E-state index in [4.69, 9.17) is 0 Å². The third kappa shape index (κ3) is 3.78. The first kappa shape index (κ1) is 14.0. The topological polar surface area (TPSA) is 53.2 Å². The number of nitrogens with one attached hydrogen (secondary N) is 3. The van der Waals surface area contributed by atoms with Crippen molar-refractivity contribution in [1.82, 2.24) is 10.6 Å². The maximum Gasteiger partial charge on any atom is 0.238 e. The summed E-state index contributed by atoms with van der Waals surface area (Å²) >= 11 is 0. The molecule has 1 atom stereocenters. The standard InChI is InChI=1S/C15H23N3O/c1-11-4-5-13(8-12(11)2)18-14(19)9-17-15(3)6-7-16-10-15/h4-5,8,16-17H,6-7,9-10H2,1-3H3,(H,18,19). The molecule has 0 aromatic heterocycles. The van der Waals surface area contributed by atoms with Crippen LogP contribution in [0.3, 0.4) is 0 Å². The molecule has 1 aromatic rings. The highest BCUT2D eigenvalue weighted by Gasteiger charge is 2.28. The van der Waals surface area contributed by atoms with Crippen LogP contribution in [0.25, 0.3) is 0 Å². The van der Waals surface area contributed by atoms with Crippen molar-refractivity contribution in [1.29, 1.82) is 0 Å². The molecule has 104 valence electrons. The Bertz CT molecular complexity index is 464. The normalized spacial score (nSPS) is 22.5. The van der Waals surface area contributed by atoms with Gasteiger partial charge in [-0.05, 0) is 57.0 Å². The lowest BCUT2D eigenvalue weighted by Gasteiger charge is -2.24. The van der Waals surface area contributed by atoms with Gasteiger partial charge in [-0.1, -0.05) is 6.07 Å². The van der Waals surface area contributed by atoms with Crippen molar-refractivity contribution in [2.24, 2.45) is 0 Å². The van der Waals surface area contributed by atoms with Gasteiger partial charge in [0.1, 0.15) is 0 Å². The zero-order valence-electron chi connectivity index (χ0n) is 12.0. The quantitative estimate of drug-likeness (QED) is 0.771. The molecule has 4 nitrogen and oxygen atoms in total. The Balaban J connectivity index is 1.85.